The molecule has 1 atom stereocenters. The number of ether oxygens (including phenoxy) is 1. The molecule has 0 bridgehead atoms. The van der Waals surface area contributed by atoms with Gasteiger partial charge < -0.3 is 9.64 Å². The lowest BCUT2D eigenvalue weighted by Gasteiger charge is -2.25. The minimum atomic E-state index is 0.627. The summed E-state index contributed by atoms with van der Waals surface area (Å²) < 4.78 is 5.51. The van der Waals surface area contributed by atoms with E-state index < -0.39 is 0 Å². The number of hydrogen-bond donors (Lipinski definition) is 0. The average molecular weight is 241 g/mol. The van der Waals surface area contributed by atoms with Crippen molar-refractivity contribution >= 4 is 0 Å². The number of rotatable bonds is 10. The summed E-state index contributed by atoms with van der Waals surface area (Å²) in [6.07, 6.45) is 7.54. The molecule has 0 aliphatic heterocycles. The van der Waals surface area contributed by atoms with Gasteiger partial charge in [0.2, 0.25) is 0 Å². The van der Waals surface area contributed by atoms with Crippen molar-refractivity contribution in [3.63, 3.8) is 0 Å². The molecule has 0 amide bonds. The molecule has 0 fully saturated rings. The van der Waals surface area contributed by atoms with Crippen molar-refractivity contribution in [2.75, 3.05) is 19.7 Å². The van der Waals surface area contributed by atoms with Gasteiger partial charge in [0.05, 0.1) is 12.9 Å². The van der Waals surface area contributed by atoms with Crippen molar-refractivity contribution < 1.29 is 4.74 Å². The Morgan fingerprint density at radius 3 is 2.35 bits per heavy atom. The molecular formula is C15H31NO. The summed E-state index contributed by atoms with van der Waals surface area (Å²) in [4.78, 5) is 2.52. The molecule has 0 saturated heterocycles. The van der Waals surface area contributed by atoms with Crippen molar-refractivity contribution in [3.8, 4) is 0 Å². The van der Waals surface area contributed by atoms with E-state index in [9.17, 15) is 0 Å². The lowest BCUT2D eigenvalue weighted by Crippen LogP contribution is -2.32. The van der Waals surface area contributed by atoms with Crippen LogP contribution in [0.25, 0.3) is 0 Å². The molecule has 1 unspecified atom stereocenters. The topological polar surface area (TPSA) is 12.5 Å². The van der Waals surface area contributed by atoms with Crippen molar-refractivity contribution in [1.29, 1.82) is 0 Å². The van der Waals surface area contributed by atoms with Crippen LogP contribution in [-0.4, -0.2) is 30.6 Å². The number of allylic oxidation sites excluding steroid dienone is 1. The fourth-order valence-electron chi connectivity index (χ4n) is 1.66. The maximum Gasteiger partial charge on any atom is 0.0885 e. The van der Waals surface area contributed by atoms with Crippen molar-refractivity contribution in [1.82, 2.24) is 4.90 Å². The molecule has 0 aliphatic rings. The van der Waals surface area contributed by atoms with Gasteiger partial charge in [0, 0.05) is 12.6 Å². The van der Waals surface area contributed by atoms with Gasteiger partial charge >= 0.3 is 0 Å². The Kier molecular flexibility index (Phi) is 10.3. The van der Waals surface area contributed by atoms with Gasteiger partial charge in [-0.1, -0.05) is 20.8 Å². The van der Waals surface area contributed by atoms with Crippen molar-refractivity contribution in [2.24, 2.45) is 5.92 Å². The maximum absolute atomic E-state index is 5.51. The maximum atomic E-state index is 5.51. The highest BCUT2D eigenvalue weighted by molar-refractivity contribution is 4.79. The summed E-state index contributed by atoms with van der Waals surface area (Å²) in [5, 5.41) is 0. The Bertz CT molecular complexity index is 189. The molecule has 0 saturated carbocycles. The van der Waals surface area contributed by atoms with Crippen LogP contribution in [0.15, 0.2) is 12.3 Å². The van der Waals surface area contributed by atoms with E-state index in [0.29, 0.717) is 12.0 Å². The predicted molar refractivity (Wildman–Crippen MR) is 76.2 cm³/mol. The Balaban J connectivity index is 3.58. The Hall–Kier alpha value is -0.500. The zero-order valence-electron chi connectivity index (χ0n) is 12.4. The summed E-state index contributed by atoms with van der Waals surface area (Å²) in [5.74, 6) is 0.627. The van der Waals surface area contributed by atoms with Gasteiger partial charge in [0.15, 0.2) is 0 Å². The number of hydrogen-bond acceptors (Lipinski definition) is 2. The van der Waals surface area contributed by atoms with Crippen LogP contribution in [0, 0.1) is 5.92 Å². The summed E-state index contributed by atoms with van der Waals surface area (Å²) in [6.45, 7) is 14.3. The SMILES string of the molecule is CCCN(CCCO/C=C/C(C)CC)C(C)C. The highest BCUT2D eigenvalue weighted by atomic mass is 16.5. The van der Waals surface area contributed by atoms with Gasteiger partial charge in [-0.15, -0.1) is 0 Å². The average Bonchev–Trinajstić information content (AvgIpc) is 2.31. The normalized spacial score (nSPS) is 13.8. The molecule has 0 aliphatic carbocycles. The molecule has 0 rings (SSSR count). The van der Waals surface area contributed by atoms with Crippen LogP contribution in [0.4, 0.5) is 0 Å². The van der Waals surface area contributed by atoms with Crippen molar-refractivity contribution in [2.45, 2.75) is 59.9 Å². The van der Waals surface area contributed by atoms with Crippen LogP contribution < -0.4 is 0 Å². The first-order valence-corrected chi connectivity index (χ1v) is 7.14. The summed E-state index contributed by atoms with van der Waals surface area (Å²) in [6, 6.07) is 0.644. The predicted octanol–water partition coefficient (Wildman–Crippen LogP) is 4.07. The van der Waals surface area contributed by atoms with Gasteiger partial charge in [-0.2, -0.15) is 0 Å². The fourth-order valence-corrected chi connectivity index (χ4v) is 1.66. The van der Waals surface area contributed by atoms with Gasteiger partial charge in [-0.25, -0.2) is 0 Å². The van der Waals surface area contributed by atoms with E-state index in [4.69, 9.17) is 4.74 Å². The third-order valence-corrected chi connectivity index (χ3v) is 3.10. The van der Waals surface area contributed by atoms with Crippen LogP contribution in [0.2, 0.25) is 0 Å². The standard InChI is InChI=1S/C15H31NO/c1-6-10-16(14(3)4)11-8-12-17-13-9-15(5)7-2/h9,13-15H,6-8,10-12H2,1-5H3/b13-9+. The lowest BCUT2D eigenvalue weighted by molar-refractivity contribution is 0.180. The molecular weight excluding hydrogens is 210 g/mol. The third kappa shape index (κ3) is 9.22. The van der Waals surface area contributed by atoms with E-state index in [1.54, 1.807) is 0 Å². The highest BCUT2D eigenvalue weighted by Gasteiger charge is 2.06. The monoisotopic (exact) mass is 241 g/mol. The Morgan fingerprint density at radius 1 is 1.12 bits per heavy atom. The molecule has 2 nitrogen and oxygen atoms in total. The van der Waals surface area contributed by atoms with Crippen LogP contribution in [0.5, 0.6) is 0 Å². The molecule has 17 heavy (non-hydrogen) atoms. The zero-order valence-corrected chi connectivity index (χ0v) is 12.4. The smallest absolute Gasteiger partial charge is 0.0885 e. The van der Waals surface area contributed by atoms with Crippen molar-refractivity contribution in [3.05, 3.63) is 12.3 Å². The third-order valence-electron chi connectivity index (χ3n) is 3.10. The second-order valence-corrected chi connectivity index (χ2v) is 5.07. The number of nitrogens with zero attached hydrogens (tertiary/aromatic N) is 1. The highest BCUT2D eigenvalue weighted by Crippen LogP contribution is 2.03. The molecule has 0 aromatic heterocycles. The van der Waals surface area contributed by atoms with Gasteiger partial charge in [0.25, 0.3) is 0 Å². The Morgan fingerprint density at radius 2 is 1.82 bits per heavy atom. The minimum Gasteiger partial charge on any atom is -0.501 e. The van der Waals surface area contributed by atoms with Gasteiger partial charge in [-0.05, 0) is 51.6 Å². The molecule has 0 aromatic rings. The Labute approximate surface area is 108 Å². The van der Waals surface area contributed by atoms with E-state index >= 15 is 0 Å². The first-order valence-electron chi connectivity index (χ1n) is 7.14. The van der Waals surface area contributed by atoms with Gasteiger partial charge in [0.1, 0.15) is 0 Å². The van der Waals surface area contributed by atoms with E-state index in [1.807, 2.05) is 6.26 Å². The van der Waals surface area contributed by atoms with E-state index in [-0.39, 0.29) is 0 Å². The first kappa shape index (κ1) is 16.5. The molecule has 0 aromatic carbocycles. The van der Waals surface area contributed by atoms with E-state index in [1.165, 1.54) is 19.4 Å². The summed E-state index contributed by atoms with van der Waals surface area (Å²) in [5.41, 5.74) is 0. The molecule has 2 heteroatoms. The molecule has 102 valence electrons. The lowest BCUT2D eigenvalue weighted by atomic mass is 10.1. The molecule has 0 heterocycles. The van der Waals surface area contributed by atoms with Crippen LogP contribution in [-0.2, 0) is 4.74 Å². The second-order valence-electron chi connectivity index (χ2n) is 5.07. The summed E-state index contributed by atoms with van der Waals surface area (Å²) in [7, 11) is 0. The second kappa shape index (κ2) is 10.6. The molecule has 0 N–H and O–H groups in total. The fraction of sp³-hybridized carbons (Fsp3) is 0.867. The molecule has 0 radical (unpaired) electrons. The zero-order chi connectivity index (χ0) is 13.1. The quantitative estimate of drug-likeness (QED) is 0.422. The van der Waals surface area contributed by atoms with Gasteiger partial charge in [-0.3, -0.25) is 0 Å². The largest absolute Gasteiger partial charge is 0.501 e. The van der Waals surface area contributed by atoms with E-state index in [0.717, 1.165) is 19.6 Å². The van der Waals surface area contributed by atoms with Crippen LogP contribution in [0.1, 0.15) is 53.9 Å². The minimum absolute atomic E-state index is 0.627. The van der Waals surface area contributed by atoms with Crippen LogP contribution >= 0.6 is 0 Å². The molecule has 0 spiro atoms. The van der Waals surface area contributed by atoms with Crippen LogP contribution in [0.3, 0.4) is 0 Å². The first-order chi connectivity index (χ1) is 8.11. The van der Waals surface area contributed by atoms with E-state index in [2.05, 4.69) is 45.6 Å². The summed E-state index contributed by atoms with van der Waals surface area (Å²) >= 11 is 0.